The second-order valence-electron chi connectivity index (χ2n) is 3.65. The van der Waals surface area contributed by atoms with Crippen LogP contribution in [0, 0.1) is 17.0 Å². The standard InChI is InChI=1S/C11H13N3O4/c1-3-4-13(7-10(15)16)11-8(2)5-9(6-12-11)14(17)18/h3,5-6H,1,4,7H2,2H3,(H,15,16). The second-order valence-corrected chi connectivity index (χ2v) is 3.65. The molecular formula is C11H13N3O4. The fraction of sp³-hybridized carbons (Fsp3) is 0.273. The number of rotatable bonds is 6. The molecular weight excluding hydrogens is 238 g/mol. The lowest BCUT2D eigenvalue weighted by Crippen LogP contribution is -2.31. The summed E-state index contributed by atoms with van der Waals surface area (Å²) in [6, 6.07) is 1.36. The lowest BCUT2D eigenvalue weighted by molar-refractivity contribution is -0.385. The first-order chi connectivity index (χ1) is 8.45. The minimum atomic E-state index is -1.00. The van der Waals surface area contributed by atoms with E-state index in [4.69, 9.17) is 5.11 Å². The Balaban J connectivity index is 3.08. The summed E-state index contributed by atoms with van der Waals surface area (Å²) in [5.74, 6) is -0.598. The molecule has 0 bridgehead atoms. The molecule has 0 spiro atoms. The number of hydrogen-bond acceptors (Lipinski definition) is 5. The highest BCUT2D eigenvalue weighted by Crippen LogP contribution is 2.21. The van der Waals surface area contributed by atoms with E-state index in [1.54, 1.807) is 13.0 Å². The number of aromatic nitrogens is 1. The van der Waals surface area contributed by atoms with Crippen molar-refractivity contribution >= 4 is 17.5 Å². The molecule has 0 unspecified atom stereocenters. The van der Waals surface area contributed by atoms with Gasteiger partial charge in [-0.05, 0) is 12.5 Å². The van der Waals surface area contributed by atoms with Gasteiger partial charge >= 0.3 is 5.97 Å². The van der Waals surface area contributed by atoms with Crippen molar-refractivity contribution in [2.75, 3.05) is 18.0 Å². The van der Waals surface area contributed by atoms with Crippen LogP contribution in [-0.4, -0.2) is 34.1 Å². The molecule has 1 rings (SSSR count). The largest absolute Gasteiger partial charge is 0.480 e. The molecule has 7 heteroatoms. The first kappa shape index (κ1) is 13.6. The van der Waals surface area contributed by atoms with Gasteiger partial charge in [0, 0.05) is 12.6 Å². The Bertz CT molecular complexity index is 487. The summed E-state index contributed by atoms with van der Waals surface area (Å²) in [4.78, 5) is 26.2. The summed E-state index contributed by atoms with van der Waals surface area (Å²) < 4.78 is 0. The van der Waals surface area contributed by atoms with E-state index in [0.29, 0.717) is 17.9 Å². The van der Waals surface area contributed by atoms with Crippen LogP contribution in [-0.2, 0) is 4.79 Å². The Hall–Kier alpha value is -2.44. The third-order valence-electron chi connectivity index (χ3n) is 2.22. The van der Waals surface area contributed by atoms with Gasteiger partial charge in [-0.25, -0.2) is 4.98 Å². The third-order valence-corrected chi connectivity index (χ3v) is 2.22. The monoisotopic (exact) mass is 251 g/mol. The Morgan fingerprint density at radius 3 is 2.83 bits per heavy atom. The van der Waals surface area contributed by atoms with E-state index >= 15 is 0 Å². The van der Waals surface area contributed by atoms with Crippen molar-refractivity contribution in [3.05, 3.63) is 40.6 Å². The van der Waals surface area contributed by atoms with Crippen LogP contribution in [0.1, 0.15) is 5.56 Å². The molecule has 0 saturated heterocycles. The zero-order valence-electron chi connectivity index (χ0n) is 9.87. The molecule has 0 atom stereocenters. The van der Waals surface area contributed by atoms with Crippen LogP contribution in [0.4, 0.5) is 11.5 Å². The molecule has 18 heavy (non-hydrogen) atoms. The molecule has 96 valence electrons. The highest BCUT2D eigenvalue weighted by molar-refractivity contribution is 5.73. The van der Waals surface area contributed by atoms with Gasteiger partial charge in [-0.2, -0.15) is 0 Å². The van der Waals surface area contributed by atoms with Crippen LogP contribution >= 0.6 is 0 Å². The zero-order chi connectivity index (χ0) is 13.7. The predicted molar refractivity (Wildman–Crippen MR) is 65.7 cm³/mol. The minimum absolute atomic E-state index is 0.120. The van der Waals surface area contributed by atoms with Crippen molar-refractivity contribution < 1.29 is 14.8 Å². The molecule has 0 fully saturated rings. The van der Waals surface area contributed by atoms with Crippen LogP contribution in [0.5, 0.6) is 0 Å². The first-order valence-corrected chi connectivity index (χ1v) is 5.14. The number of carboxylic acid groups (broad SMARTS) is 1. The predicted octanol–water partition coefficient (Wildman–Crippen LogP) is 1.38. The van der Waals surface area contributed by atoms with Crippen molar-refractivity contribution in [3.63, 3.8) is 0 Å². The smallest absolute Gasteiger partial charge is 0.323 e. The number of anilines is 1. The summed E-state index contributed by atoms with van der Waals surface area (Å²) in [5, 5.41) is 19.4. The van der Waals surface area contributed by atoms with Crippen molar-refractivity contribution in [3.8, 4) is 0 Å². The fourth-order valence-corrected chi connectivity index (χ4v) is 1.53. The highest BCUT2D eigenvalue weighted by atomic mass is 16.6. The highest BCUT2D eigenvalue weighted by Gasteiger charge is 2.16. The lowest BCUT2D eigenvalue weighted by atomic mass is 10.2. The van der Waals surface area contributed by atoms with Crippen molar-refractivity contribution in [2.24, 2.45) is 0 Å². The van der Waals surface area contributed by atoms with Gasteiger partial charge < -0.3 is 10.0 Å². The molecule has 1 aromatic rings. The first-order valence-electron chi connectivity index (χ1n) is 5.14. The normalized spacial score (nSPS) is 9.83. The van der Waals surface area contributed by atoms with E-state index in [2.05, 4.69) is 11.6 Å². The summed E-state index contributed by atoms with van der Waals surface area (Å²) >= 11 is 0. The van der Waals surface area contributed by atoms with Crippen LogP contribution < -0.4 is 4.90 Å². The van der Waals surface area contributed by atoms with E-state index < -0.39 is 10.9 Å². The number of nitro groups is 1. The van der Waals surface area contributed by atoms with Gasteiger partial charge in [-0.15, -0.1) is 6.58 Å². The maximum absolute atomic E-state index is 10.7. The van der Waals surface area contributed by atoms with Crippen molar-refractivity contribution in [2.45, 2.75) is 6.92 Å². The van der Waals surface area contributed by atoms with Crippen molar-refractivity contribution in [1.82, 2.24) is 4.98 Å². The molecule has 1 aromatic heterocycles. The van der Waals surface area contributed by atoms with Crippen LogP contribution in [0.2, 0.25) is 0 Å². The Morgan fingerprint density at radius 1 is 1.72 bits per heavy atom. The van der Waals surface area contributed by atoms with Gasteiger partial charge in [0.15, 0.2) is 0 Å². The summed E-state index contributed by atoms with van der Waals surface area (Å²) in [6.07, 6.45) is 2.66. The van der Waals surface area contributed by atoms with E-state index in [-0.39, 0.29) is 12.2 Å². The van der Waals surface area contributed by atoms with Crippen LogP contribution in [0.3, 0.4) is 0 Å². The Morgan fingerprint density at radius 2 is 2.39 bits per heavy atom. The molecule has 0 aliphatic carbocycles. The van der Waals surface area contributed by atoms with Gasteiger partial charge in [0.2, 0.25) is 0 Å². The maximum atomic E-state index is 10.7. The molecule has 1 N–H and O–H groups in total. The van der Waals surface area contributed by atoms with Gasteiger partial charge in [0.25, 0.3) is 5.69 Å². The summed E-state index contributed by atoms with van der Waals surface area (Å²) in [6.45, 7) is 5.25. The van der Waals surface area contributed by atoms with E-state index in [0.717, 1.165) is 6.20 Å². The average molecular weight is 251 g/mol. The number of hydrogen-bond donors (Lipinski definition) is 1. The number of carboxylic acids is 1. The molecule has 0 saturated carbocycles. The third kappa shape index (κ3) is 3.27. The fourth-order valence-electron chi connectivity index (χ4n) is 1.53. The summed E-state index contributed by atoms with van der Waals surface area (Å²) in [5.41, 5.74) is 0.428. The average Bonchev–Trinajstić information content (AvgIpc) is 2.27. The van der Waals surface area contributed by atoms with Gasteiger partial charge in [0.05, 0.1) is 4.92 Å². The molecule has 0 aromatic carbocycles. The minimum Gasteiger partial charge on any atom is -0.480 e. The lowest BCUT2D eigenvalue weighted by Gasteiger charge is -2.21. The van der Waals surface area contributed by atoms with Crippen molar-refractivity contribution in [1.29, 1.82) is 0 Å². The molecule has 1 heterocycles. The molecule has 0 radical (unpaired) electrons. The number of carbonyl (C=O) groups is 1. The van der Waals surface area contributed by atoms with Gasteiger partial charge in [-0.3, -0.25) is 14.9 Å². The SMILES string of the molecule is C=CCN(CC(=O)O)c1ncc([N+](=O)[O-])cc1C. The quantitative estimate of drug-likeness (QED) is 0.466. The molecule has 0 aliphatic heterocycles. The number of aliphatic carboxylic acids is 1. The zero-order valence-corrected chi connectivity index (χ0v) is 9.87. The summed E-state index contributed by atoms with van der Waals surface area (Å²) in [7, 11) is 0. The van der Waals surface area contributed by atoms with Crippen LogP contribution in [0.25, 0.3) is 0 Å². The van der Waals surface area contributed by atoms with Gasteiger partial charge in [0.1, 0.15) is 18.6 Å². The van der Waals surface area contributed by atoms with Gasteiger partial charge in [-0.1, -0.05) is 6.08 Å². The van der Waals surface area contributed by atoms with E-state index in [1.807, 2.05) is 0 Å². The second kappa shape index (κ2) is 5.76. The Labute approximate surface area is 104 Å². The molecule has 7 nitrogen and oxygen atoms in total. The number of nitrogens with zero attached hydrogens (tertiary/aromatic N) is 3. The van der Waals surface area contributed by atoms with Crippen LogP contribution in [0.15, 0.2) is 24.9 Å². The Kier molecular flexibility index (Phi) is 4.36. The maximum Gasteiger partial charge on any atom is 0.323 e. The molecule has 0 amide bonds. The van der Waals surface area contributed by atoms with E-state index in [9.17, 15) is 14.9 Å². The number of pyridine rings is 1. The van der Waals surface area contributed by atoms with E-state index in [1.165, 1.54) is 11.0 Å². The molecule has 0 aliphatic rings. The topological polar surface area (TPSA) is 96.6 Å². The number of aryl methyl sites for hydroxylation is 1.